The minimum Gasteiger partial charge on any atom is -0.469 e. The van der Waals surface area contributed by atoms with Gasteiger partial charge in [-0.25, -0.2) is 4.98 Å². The van der Waals surface area contributed by atoms with Gasteiger partial charge in [0.25, 0.3) is 0 Å². The van der Waals surface area contributed by atoms with Crippen molar-refractivity contribution in [3.8, 4) is 11.4 Å². The summed E-state index contributed by atoms with van der Waals surface area (Å²) < 4.78 is 5.26. The number of aromatic amines is 1. The molecule has 5 heteroatoms. The number of H-pyrrole nitrogens is 1. The van der Waals surface area contributed by atoms with Crippen molar-refractivity contribution in [3.05, 3.63) is 59.3 Å². The molecule has 3 aromatic rings. The van der Waals surface area contributed by atoms with Crippen molar-refractivity contribution in [2.75, 3.05) is 0 Å². The van der Waals surface area contributed by atoms with E-state index in [2.05, 4.69) is 15.2 Å². The lowest BCUT2D eigenvalue weighted by Gasteiger charge is -2.08. The molecule has 1 aromatic carbocycles. The van der Waals surface area contributed by atoms with Crippen LogP contribution in [0.1, 0.15) is 28.8 Å². The third kappa shape index (κ3) is 2.23. The summed E-state index contributed by atoms with van der Waals surface area (Å²) in [5, 5.41) is 7.11. The zero-order valence-corrected chi connectivity index (χ0v) is 11.4. The largest absolute Gasteiger partial charge is 0.469 e. The van der Waals surface area contributed by atoms with Gasteiger partial charge in [-0.05, 0) is 25.5 Å². The number of rotatable bonds is 3. The maximum absolute atomic E-state index is 6.21. The summed E-state index contributed by atoms with van der Waals surface area (Å²) in [6.07, 6.45) is 1.63. The Morgan fingerprint density at radius 1 is 1.15 bits per heavy atom. The first-order valence-corrected chi connectivity index (χ1v) is 6.44. The van der Waals surface area contributed by atoms with E-state index >= 15 is 0 Å². The number of benzene rings is 1. The molecule has 0 aliphatic carbocycles. The molecule has 1 unspecified atom stereocenters. The smallest absolute Gasteiger partial charge is 0.184 e. The standard InChI is InChI=1S/C15H16N4O/c1-9-3-5-11(6-4-9)13(16)15-17-14(18-19-15)12-7-8-20-10(12)2/h3-8,13H,16H2,1-2H3,(H,17,18,19). The summed E-state index contributed by atoms with van der Waals surface area (Å²) in [6, 6.07) is 9.61. The summed E-state index contributed by atoms with van der Waals surface area (Å²) in [6.45, 7) is 3.93. The van der Waals surface area contributed by atoms with Gasteiger partial charge < -0.3 is 10.2 Å². The van der Waals surface area contributed by atoms with Crippen LogP contribution in [0.2, 0.25) is 0 Å². The Morgan fingerprint density at radius 3 is 2.55 bits per heavy atom. The molecule has 0 saturated carbocycles. The first kappa shape index (κ1) is 12.6. The average Bonchev–Trinajstić information content (AvgIpc) is 3.07. The van der Waals surface area contributed by atoms with Crippen molar-refractivity contribution in [1.29, 1.82) is 0 Å². The average molecular weight is 268 g/mol. The highest BCUT2D eigenvalue weighted by molar-refractivity contribution is 5.56. The lowest BCUT2D eigenvalue weighted by Crippen LogP contribution is -2.13. The van der Waals surface area contributed by atoms with Gasteiger partial charge in [0.05, 0.1) is 17.9 Å². The zero-order valence-electron chi connectivity index (χ0n) is 11.4. The van der Waals surface area contributed by atoms with E-state index in [9.17, 15) is 0 Å². The number of nitrogens with one attached hydrogen (secondary N) is 1. The third-order valence-electron chi connectivity index (χ3n) is 3.33. The first-order valence-electron chi connectivity index (χ1n) is 6.44. The Bertz CT molecular complexity index is 712. The van der Waals surface area contributed by atoms with E-state index in [-0.39, 0.29) is 6.04 Å². The van der Waals surface area contributed by atoms with E-state index in [1.807, 2.05) is 44.2 Å². The van der Waals surface area contributed by atoms with Gasteiger partial charge in [0, 0.05) is 0 Å². The van der Waals surface area contributed by atoms with Crippen LogP contribution in [0.3, 0.4) is 0 Å². The number of aromatic nitrogens is 3. The summed E-state index contributed by atoms with van der Waals surface area (Å²) in [4.78, 5) is 4.46. The van der Waals surface area contributed by atoms with Crippen LogP contribution >= 0.6 is 0 Å². The number of nitrogens with zero attached hydrogens (tertiary/aromatic N) is 2. The van der Waals surface area contributed by atoms with Crippen LogP contribution < -0.4 is 5.73 Å². The van der Waals surface area contributed by atoms with E-state index in [0.29, 0.717) is 11.6 Å². The van der Waals surface area contributed by atoms with Crippen LogP contribution in [0.25, 0.3) is 11.4 Å². The Labute approximate surface area is 116 Å². The molecule has 0 aliphatic rings. The fraction of sp³-hybridized carbons (Fsp3) is 0.200. The quantitative estimate of drug-likeness (QED) is 0.765. The molecule has 0 saturated heterocycles. The zero-order chi connectivity index (χ0) is 14.1. The topological polar surface area (TPSA) is 80.7 Å². The molecule has 0 fully saturated rings. The van der Waals surface area contributed by atoms with E-state index in [0.717, 1.165) is 16.9 Å². The van der Waals surface area contributed by atoms with Crippen LogP contribution in [0.4, 0.5) is 0 Å². The first-order chi connectivity index (χ1) is 9.65. The number of hydrogen-bond acceptors (Lipinski definition) is 4. The van der Waals surface area contributed by atoms with Gasteiger partial charge in [-0.15, -0.1) is 0 Å². The highest BCUT2D eigenvalue weighted by atomic mass is 16.3. The Balaban J connectivity index is 1.90. The molecule has 20 heavy (non-hydrogen) atoms. The van der Waals surface area contributed by atoms with Gasteiger partial charge in [-0.2, -0.15) is 5.10 Å². The molecule has 2 heterocycles. The van der Waals surface area contributed by atoms with Gasteiger partial charge in [0.15, 0.2) is 5.82 Å². The van der Waals surface area contributed by atoms with Crippen LogP contribution in [0.5, 0.6) is 0 Å². The van der Waals surface area contributed by atoms with Crippen LogP contribution in [0, 0.1) is 13.8 Å². The second-order valence-electron chi connectivity index (χ2n) is 4.82. The van der Waals surface area contributed by atoms with Crippen molar-refractivity contribution in [2.24, 2.45) is 5.73 Å². The molecular formula is C15H16N4O. The van der Waals surface area contributed by atoms with Gasteiger partial charge in [-0.1, -0.05) is 29.8 Å². The molecule has 102 valence electrons. The highest BCUT2D eigenvalue weighted by Gasteiger charge is 2.16. The number of furan rings is 1. The van der Waals surface area contributed by atoms with Crippen molar-refractivity contribution >= 4 is 0 Å². The second-order valence-corrected chi connectivity index (χ2v) is 4.82. The Morgan fingerprint density at radius 2 is 1.90 bits per heavy atom. The van der Waals surface area contributed by atoms with Gasteiger partial charge in [-0.3, -0.25) is 5.10 Å². The molecule has 1 atom stereocenters. The fourth-order valence-corrected chi connectivity index (χ4v) is 2.08. The van der Waals surface area contributed by atoms with Crippen LogP contribution in [-0.2, 0) is 0 Å². The van der Waals surface area contributed by atoms with E-state index in [1.54, 1.807) is 6.26 Å². The lowest BCUT2D eigenvalue weighted by atomic mass is 10.1. The van der Waals surface area contributed by atoms with Gasteiger partial charge >= 0.3 is 0 Å². The van der Waals surface area contributed by atoms with Crippen molar-refractivity contribution in [2.45, 2.75) is 19.9 Å². The van der Waals surface area contributed by atoms with Gasteiger partial charge in [0.2, 0.25) is 0 Å². The predicted octanol–water partition coefficient (Wildman–Crippen LogP) is 2.73. The SMILES string of the molecule is Cc1ccc(C(N)c2nc(-c3ccoc3C)n[nH]2)cc1. The summed E-state index contributed by atoms with van der Waals surface area (Å²) in [5.41, 5.74) is 9.30. The van der Waals surface area contributed by atoms with Crippen molar-refractivity contribution in [3.63, 3.8) is 0 Å². The monoisotopic (exact) mass is 268 g/mol. The maximum Gasteiger partial charge on any atom is 0.184 e. The number of aryl methyl sites for hydroxylation is 2. The lowest BCUT2D eigenvalue weighted by molar-refractivity contribution is 0.535. The summed E-state index contributed by atoms with van der Waals surface area (Å²) in [5.74, 6) is 2.04. The molecule has 2 aromatic heterocycles. The third-order valence-corrected chi connectivity index (χ3v) is 3.33. The molecule has 0 spiro atoms. The minimum absolute atomic E-state index is 0.316. The molecule has 0 aliphatic heterocycles. The van der Waals surface area contributed by atoms with E-state index in [1.165, 1.54) is 5.56 Å². The molecule has 0 amide bonds. The molecule has 3 rings (SSSR count). The predicted molar refractivity (Wildman–Crippen MR) is 76.0 cm³/mol. The van der Waals surface area contributed by atoms with Crippen LogP contribution in [0.15, 0.2) is 41.0 Å². The van der Waals surface area contributed by atoms with Crippen molar-refractivity contribution < 1.29 is 4.42 Å². The summed E-state index contributed by atoms with van der Waals surface area (Å²) in [7, 11) is 0. The Kier molecular flexibility index (Phi) is 3.12. The van der Waals surface area contributed by atoms with Crippen LogP contribution in [-0.4, -0.2) is 15.2 Å². The normalized spacial score (nSPS) is 12.6. The molecule has 5 nitrogen and oxygen atoms in total. The maximum atomic E-state index is 6.21. The van der Waals surface area contributed by atoms with Gasteiger partial charge in [0.1, 0.15) is 11.6 Å². The fourth-order valence-electron chi connectivity index (χ4n) is 2.08. The Hall–Kier alpha value is -2.40. The van der Waals surface area contributed by atoms with E-state index < -0.39 is 0 Å². The minimum atomic E-state index is -0.316. The van der Waals surface area contributed by atoms with Crippen molar-refractivity contribution in [1.82, 2.24) is 15.2 Å². The van der Waals surface area contributed by atoms with E-state index in [4.69, 9.17) is 10.2 Å². The molecule has 0 bridgehead atoms. The molecule has 0 radical (unpaired) electrons. The summed E-state index contributed by atoms with van der Waals surface area (Å²) >= 11 is 0. The highest BCUT2D eigenvalue weighted by Crippen LogP contribution is 2.23. The number of hydrogen-bond donors (Lipinski definition) is 2. The molecule has 3 N–H and O–H groups in total. The molecular weight excluding hydrogens is 252 g/mol. The number of nitrogens with two attached hydrogens (primary N) is 1. The second kappa shape index (κ2) is 4.94.